The molecule has 2 heterocycles. The summed E-state index contributed by atoms with van der Waals surface area (Å²) in [6.07, 6.45) is -3.32. The number of aliphatic carboxylic acids is 1. The minimum absolute atomic E-state index is 0.122. The Morgan fingerprint density at radius 3 is 2.14 bits per heavy atom. The molecule has 8 nitrogen and oxygen atoms in total. The summed E-state index contributed by atoms with van der Waals surface area (Å²) in [4.78, 5) is 54.0. The molecule has 0 aliphatic carbocycles. The molecule has 190 valence electrons. The fraction of sp³-hybridized carbons (Fsp3) is 0.391. The van der Waals surface area contributed by atoms with Crippen LogP contribution in [0.5, 0.6) is 0 Å². The smallest absolute Gasteiger partial charge is 0.475 e. The Bertz CT molecular complexity index is 1070. The summed E-state index contributed by atoms with van der Waals surface area (Å²) in [5.74, 6) is -3.04. The molecule has 0 spiro atoms. The number of rotatable bonds is 6. The van der Waals surface area contributed by atoms with E-state index < -0.39 is 18.1 Å². The number of likely N-dealkylation sites (N-methyl/N-ethyl adjacent to an activating group) is 1. The van der Waals surface area contributed by atoms with Gasteiger partial charge in [0.2, 0.25) is 5.91 Å². The molecule has 0 radical (unpaired) electrons. The number of nitrogens with two attached hydrogens (primary N) is 1. The van der Waals surface area contributed by atoms with E-state index in [4.69, 9.17) is 25.2 Å². The molecular formula is C23H25F3N2O6S. The van der Waals surface area contributed by atoms with Gasteiger partial charge in [-0.15, -0.1) is 11.3 Å². The van der Waals surface area contributed by atoms with E-state index in [1.807, 2.05) is 31.2 Å². The van der Waals surface area contributed by atoms with Gasteiger partial charge in [0, 0.05) is 35.7 Å². The zero-order valence-corrected chi connectivity index (χ0v) is 19.9. The third-order valence-corrected chi connectivity index (χ3v) is 6.24. The largest absolute Gasteiger partial charge is 0.490 e. The van der Waals surface area contributed by atoms with E-state index in [9.17, 15) is 22.8 Å². The van der Waals surface area contributed by atoms with Gasteiger partial charge in [0.25, 0.3) is 0 Å². The van der Waals surface area contributed by atoms with Crippen LogP contribution >= 0.6 is 11.3 Å². The first-order chi connectivity index (χ1) is 16.3. The van der Waals surface area contributed by atoms with E-state index in [1.165, 1.54) is 10.4 Å². The van der Waals surface area contributed by atoms with Crippen LogP contribution in [0.4, 0.5) is 13.2 Å². The van der Waals surface area contributed by atoms with Crippen molar-refractivity contribution in [3.05, 3.63) is 56.3 Å². The Morgan fingerprint density at radius 1 is 1.14 bits per heavy atom. The highest BCUT2D eigenvalue weighted by Gasteiger charge is 2.38. The van der Waals surface area contributed by atoms with Gasteiger partial charge < -0.3 is 10.8 Å². The normalized spacial score (nSPS) is 12.7. The number of ketones is 1. The average Bonchev–Trinajstić information content (AvgIpc) is 3.12. The zero-order valence-electron chi connectivity index (χ0n) is 19.1. The maximum atomic E-state index is 12.5. The van der Waals surface area contributed by atoms with Crippen molar-refractivity contribution in [1.29, 1.82) is 0 Å². The first-order valence-electron chi connectivity index (χ1n) is 10.4. The van der Waals surface area contributed by atoms with E-state index in [0.29, 0.717) is 12.0 Å². The molecule has 0 unspecified atom stereocenters. The molecule has 3 rings (SSSR count). The van der Waals surface area contributed by atoms with Gasteiger partial charge in [-0.05, 0) is 31.0 Å². The standard InChI is InChI=1S/C20H24N2O2S.C2HF3O2.CO2/c1-3-22-9-8-16-18(12-22)25-17(19(16)20(21)24)11-15(23)10-14-6-4-13(2)5-7-14;3-2(4,5)1(6)7;2-1-3/h4-7H,3,8-12H2,1-2H3,(H2,21,24);(H,6,7);. The Balaban J connectivity index is 0.000000521. The number of amides is 1. The minimum Gasteiger partial charge on any atom is -0.475 e. The van der Waals surface area contributed by atoms with Gasteiger partial charge in [-0.2, -0.15) is 22.8 Å². The van der Waals surface area contributed by atoms with E-state index in [1.54, 1.807) is 11.3 Å². The number of carbonyl (C=O) groups is 3. The Morgan fingerprint density at radius 2 is 1.69 bits per heavy atom. The monoisotopic (exact) mass is 514 g/mol. The molecule has 0 saturated carbocycles. The summed E-state index contributed by atoms with van der Waals surface area (Å²) in [6.45, 7) is 6.95. The van der Waals surface area contributed by atoms with Crippen molar-refractivity contribution in [3.63, 3.8) is 0 Å². The molecule has 1 amide bonds. The number of carbonyl (C=O) groups excluding carboxylic acids is 4. The summed E-state index contributed by atoms with van der Waals surface area (Å²) in [5.41, 5.74) is 9.50. The molecule has 0 bridgehead atoms. The van der Waals surface area contributed by atoms with Crippen molar-refractivity contribution in [3.8, 4) is 0 Å². The molecule has 2 aromatic rings. The van der Waals surface area contributed by atoms with Gasteiger partial charge in [-0.3, -0.25) is 14.5 Å². The first-order valence-corrected chi connectivity index (χ1v) is 11.2. The maximum absolute atomic E-state index is 12.5. The number of thiophene rings is 1. The number of alkyl halides is 3. The fourth-order valence-electron chi connectivity index (χ4n) is 3.37. The number of carboxylic acid groups (broad SMARTS) is 1. The molecule has 3 N–H and O–H groups in total. The van der Waals surface area contributed by atoms with Gasteiger partial charge in [-0.25, -0.2) is 4.79 Å². The van der Waals surface area contributed by atoms with Crippen LogP contribution in [0.2, 0.25) is 0 Å². The second-order valence-electron chi connectivity index (χ2n) is 7.55. The summed E-state index contributed by atoms with van der Waals surface area (Å²) < 4.78 is 31.7. The van der Waals surface area contributed by atoms with Crippen molar-refractivity contribution in [2.24, 2.45) is 5.73 Å². The summed E-state index contributed by atoms with van der Waals surface area (Å²) in [5, 5.41) is 7.12. The Hall–Kier alpha value is -3.34. The second kappa shape index (κ2) is 13.5. The number of hydrogen-bond donors (Lipinski definition) is 2. The third-order valence-electron chi connectivity index (χ3n) is 5.02. The number of Topliss-reactive ketones (excluding diaryl/α,β-unsaturated/α-hetero) is 1. The number of benzene rings is 1. The molecule has 1 aliphatic heterocycles. The van der Waals surface area contributed by atoms with Gasteiger partial charge in [0.1, 0.15) is 5.78 Å². The Kier molecular flexibility index (Phi) is 11.5. The summed E-state index contributed by atoms with van der Waals surface area (Å²) >= 11 is 1.59. The number of fused-ring (bicyclic) bond motifs is 1. The van der Waals surface area contributed by atoms with Crippen LogP contribution in [0.3, 0.4) is 0 Å². The minimum atomic E-state index is -5.08. The zero-order chi connectivity index (χ0) is 26.8. The molecule has 1 aliphatic rings. The number of aryl methyl sites for hydroxylation is 1. The predicted molar refractivity (Wildman–Crippen MR) is 120 cm³/mol. The van der Waals surface area contributed by atoms with Crippen LogP contribution in [0, 0.1) is 6.92 Å². The van der Waals surface area contributed by atoms with Crippen molar-refractivity contribution < 1.29 is 42.3 Å². The van der Waals surface area contributed by atoms with Crippen LogP contribution in [-0.4, -0.2) is 53.1 Å². The molecule has 0 fully saturated rings. The lowest BCUT2D eigenvalue weighted by Gasteiger charge is -2.25. The van der Waals surface area contributed by atoms with Crippen LogP contribution in [0.15, 0.2) is 24.3 Å². The van der Waals surface area contributed by atoms with Gasteiger partial charge >= 0.3 is 18.3 Å². The van der Waals surface area contributed by atoms with Crippen molar-refractivity contribution >= 4 is 35.1 Å². The molecule has 1 aromatic heterocycles. The van der Waals surface area contributed by atoms with Crippen molar-refractivity contribution in [2.45, 2.75) is 45.8 Å². The topological polar surface area (TPSA) is 135 Å². The number of carboxylic acids is 1. The van der Waals surface area contributed by atoms with E-state index in [0.717, 1.165) is 42.1 Å². The molecular weight excluding hydrogens is 489 g/mol. The second-order valence-corrected chi connectivity index (χ2v) is 8.74. The highest BCUT2D eigenvalue weighted by Crippen LogP contribution is 2.33. The molecule has 0 atom stereocenters. The van der Waals surface area contributed by atoms with E-state index >= 15 is 0 Å². The maximum Gasteiger partial charge on any atom is 0.490 e. The fourth-order valence-corrected chi connectivity index (χ4v) is 4.80. The van der Waals surface area contributed by atoms with E-state index in [-0.39, 0.29) is 18.4 Å². The quantitative estimate of drug-likeness (QED) is 0.605. The van der Waals surface area contributed by atoms with Crippen LogP contribution in [0.1, 0.15) is 43.7 Å². The van der Waals surface area contributed by atoms with Gasteiger partial charge in [0.15, 0.2) is 0 Å². The molecule has 1 aromatic carbocycles. The molecule has 12 heteroatoms. The van der Waals surface area contributed by atoms with E-state index in [2.05, 4.69) is 11.8 Å². The van der Waals surface area contributed by atoms with Gasteiger partial charge in [0.05, 0.1) is 5.56 Å². The first kappa shape index (κ1) is 29.7. The third kappa shape index (κ3) is 9.44. The van der Waals surface area contributed by atoms with Crippen LogP contribution in [-0.2, 0) is 45.0 Å². The average molecular weight is 515 g/mol. The lowest BCUT2D eigenvalue weighted by atomic mass is 9.98. The highest BCUT2D eigenvalue weighted by atomic mass is 32.1. The van der Waals surface area contributed by atoms with Crippen LogP contribution < -0.4 is 5.73 Å². The molecule has 0 saturated heterocycles. The summed E-state index contributed by atoms with van der Waals surface area (Å²) in [7, 11) is 0. The van der Waals surface area contributed by atoms with Crippen molar-refractivity contribution in [2.75, 3.05) is 13.1 Å². The predicted octanol–water partition coefficient (Wildman–Crippen LogP) is 2.94. The van der Waals surface area contributed by atoms with Gasteiger partial charge in [-0.1, -0.05) is 36.8 Å². The highest BCUT2D eigenvalue weighted by molar-refractivity contribution is 7.12. The number of nitrogens with zero attached hydrogens (tertiary/aromatic N) is 1. The SMILES string of the molecule is CCN1CCc2c(sc(CC(=O)Cc3ccc(C)cc3)c2C(N)=O)C1.O=C(O)C(F)(F)F.O=C=O. The number of halogens is 3. The van der Waals surface area contributed by atoms with Crippen molar-refractivity contribution in [1.82, 2.24) is 4.90 Å². The lowest BCUT2D eigenvalue weighted by Crippen LogP contribution is -2.30. The number of primary amides is 1. The summed E-state index contributed by atoms with van der Waals surface area (Å²) in [6, 6.07) is 8.00. The Labute approximate surface area is 203 Å². The number of hydrogen-bond acceptors (Lipinski definition) is 7. The van der Waals surface area contributed by atoms with Crippen LogP contribution in [0.25, 0.3) is 0 Å². The molecule has 35 heavy (non-hydrogen) atoms. The lowest BCUT2D eigenvalue weighted by molar-refractivity contribution is -0.193.